The smallest absolute Gasteiger partial charge is 0.222 e. The number of carbonyl (C=O) groups excluding carboxylic acids is 1. The van der Waals surface area contributed by atoms with Gasteiger partial charge < -0.3 is 10.6 Å². The molecule has 0 aliphatic rings. The lowest BCUT2D eigenvalue weighted by molar-refractivity contribution is -0.120. The van der Waals surface area contributed by atoms with E-state index in [0.29, 0.717) is 19.5 Å². The molecule has 1 aromatic heterocycles. The van der Waals surface area contributed by atoms with Gasteiger partial charge in [-0.25, -0.2) is 0 Å². The molecule has 0 radical (unpaired) electrons. The number of aromatic nitrogens is 2. The fourth-order valence-corrected chi connectivity index (χ4v) is 1.24. The van der Waals surface area contributed by atoms with Gasteiger partial charge in [0.1, 0.15) is 0 Å². The first kappa shape index (κ1) is 12.3. The Balaban J connectivity index is 2.08. The van der Waals surface area contributed by atoms with Crippen LogP contribution in [0.25, 0.3) is 0 Å². The van der Waals surface area contributed by atoms with Crippen molar-refractivity contribution in [2.24, 2.45) is 7.05 Å². The first-order valence-electron chi connectivity index (χ1n) is 5.11. The van der Waals surface area contributed by atoms with Crippen LogP contribution < -0.4 is 10.6 Å². The van der Waals surface area contributed by atoms with E-state index in [0.717, 1.165) is 12.1 Å². The van der Waals surface area contributed by atoms with E-state index in [2.05, 4.69) is 21.7 Å². The Bertz CT molecular complexity index is 378. The number of hydrogen-bond acceptors (Lipinski definition) is 3. The highest BCUT2D eigenvalue weighted by Crippen LogP contribution is 1.94. The topological polar surface area (TPSA) is 59.0 Å². The fraction of sp³-hybridized carbons (Fsp3) is 0.455. The Morgan fingerprint density at radius 3 is 3.12 bits per heavy atom. The number of nitrogens with one attached hydrogen (secondary N) is 2. The Labute approximate surface area is 95.2 Å². The third kappa shape index (κ3) is 4.62. The second-order valence-electron chi connectivity index (χ2n) is 3.43. The van der Waals surface area contributed by atoms with E-state index >= 15 is 0 Å². The maximum Gasteiger partial charge on any atom is 0.222 e. The van der Waals surface area contributed by atoms with Crippen molar-refractivity contribution in [2.75, 3.05) is 13.1 Å². The molecule has 1 aromatic rings. The van der Waals surface area contributed by atoms with Gasteiger partial charge in [0.15, 0.2) is 0 Å². The largest absolute Gasteiger partial charge is 0.345 e. The lowest BCUT2D eigenvalue weighted by Crippen LogP contribution is -2.27. The number of nitrogens with zero attached hydrogens (tertiary/aromatic N) is 2. The van der Waals surface area contributed by atoms with Crippen LogP contribution in [0.15, 0.2) is 12.4 Å². The van der Waals surface area contributed by atoms with Gasteiger partial charge in [0.25, 0.3) is 0 Å². The molecule has 0 aromatic carbocycles. The summed E-state index contributed by atoms with van der Waals surface area (Å²) in [4.78, 5) is 11.2. The van der Waals surface area contributed by atoms with Gasteiger partial charge >= 0.3 is 0 Å². The van der Waals surface area contributed by atoms with Gasteiger partial charge in [-0.05, 0) is 0 Å². The SMILES string of the molecule is C#CCNC(=O)CCNCc1cnn(C)c1. The first-order valence-corrected chi connectivity index (χ1v) is 5.11. The molecule has 5 nitrogen and oxygen atoms in total. The number of terminal acetylenes is 1. The molecule has 0 spiro atoms. The maximum atomic E-state index is 11.2. The van der Waals surface area contributed by atoms with Crippen LogP contribution in [0.4, 0.5) is 0 Å². The molecular weight excluding hydrogens is 204 g/mol. The van der Waals surface area contributed by atoms with E-state index in [9.17, 15) is 4.79 Å². The average Bonchev–Trinajstić information content (AvgIpc) is 2.67. The van der Waals surface area contributed by atoms with Crippen LogP contribution in [0.5, 0.6) is 0 Å². The fourth-order valence-electron chi connectivity index (χ4n) is 1.24. The van der Waals surface area contributed by atoms with E-state index in [1.807, 2.05) is 13.2 Å². The number of carbonyl (C=O) groups is 1. The van der Waals surface area contributed by atoms with Crippen molar-refractivity contribution in [3.05, 3.63) is 18.0 Å². The summed E-state index contributed by atoms with van der Waals surface area (Å²) in [6.45, 7) is 1.64. The van der Waals surface area contributed by atoms with E-state index in [-0.39, 0.29) is 5.91 Å². The Morgan fingerprint density at radius 1 is 1.69 bits per heavy atom. The highest BCUT2D eigenvalue weighted by molar-refractivity contribution is 5.76. The van der Waals surface area contributed by atoms with Crippen molar-refractivity contribution in [3.8, 4) is 12.3 Å². The van der Waals surface area contributed by atoms with Crippen molar-refractivity contribution in [1.82, 2.24) is 20.4 Å². The highest BCUT2D eigenvalue weighted by atomic mass is 16.1. The van der Waals surface area contributed by atoms with Crippen LogP contribution in [-0.4, -0.2) is 28.8 Å². The van der Waals surface area contributed by atoms with Crippen molar-refractivity contribution in [2.45, 2.75) is 13.0 Å². The van der Waals surface area contributed by atoms with Crippen molar-refractivity contribution < 1.29 is 4.79 Å². The van der Waals surface area contributed by atoms with Crippen LogP contribution in [0.2, 0.25) is 0 Å². The highest BCUT2D eigenvalue weighted by Gasteiger charge is 1.99. The first-order chi connectivity index (χ1) is 7.72. The minimum absolute atomic E-state index is 0.0309. The average molecular weight is 220 g/mol. The zero-order chi connectivity index (χ0) is 11.8. The van der Waals surface area contributed by atoms with E-state index in [4.69, 9.17) is 6.42 Å². The van der Waals surface area contributed by atoms with Crippen LogP contribution in [-0.2, 0) is 18.4 Å². The Hall–Kier alpha value is -1.80. The predicted molar refractivity (Wildman–Crippen MR) is 61.4 cm³/mol. The van der Waals surface area contributed by atoms with Gasteiger partial charge in [-0.2, -0.15) is 5.10 Å². The van der Waals surface area contributed by atoms with Crippen LogP contribution >= 0.6 is 0 Å². The molecule has 0 bridgehead atoms. The van der Waals surface area contributed by atoms with E-state index in [1.54, 1.807) is 10.9 Å². The molecule has 16 heavy (non-hydrogen) atoms. The van der Waals surface area contributed by atoms with Gasteiger partial charge in [0.2, 0.25) is 5.91 Å². The van der Waals surface area contributed by atoms with Crippen LogP contribution in [0, 0.1) is 12.3 Å². The summed E-state index contributed by atoms with van der Waals surface area (Å²) in [6, 6.07) is 0. The van der Waals surface area contributed by atoms with Gasteiger partial charge in [0, 0.05) is 38.3 Å². The second kappa shape index (κ2) is 6.64. The van der Waals surface area contributed by atoms with E-state index in [1.165, 1.54) is 0 Å². The van der Waals surface area contributed by atoms with Gasteiger partial charge in [-0.15, -0.1) is 6.42 Å². The predicted octanol–water partition coefficient (Wildman–Crippen LogP) is -0.351. The molecule has 5 heteroatoms. The zero-order valence-electron chi connectivity index (χ0n) is 9.36. The maximum absolute atomic E-state index is 11.2. The molecular formula is C11H16N4O. The molecule has 0 unspecified atom stereocenters. The minimum Gasteiger partial charge on any atom is -0.345 e. The summed E-state index contributed by atoms with van der Waals surface area (Å²) in [6.07, 6.45) is 9.19. The van der Waals surface area contributed by atoms with Crippen LogP contribution in [0.1, 0.15) is 12.0 Å². The third-order valence-electron chi connectivity index (χ3n) is 2.00. The second-order valence-corrected chi connectivity index (χ2v) is 3.43. The summed E-state index contributed by atoms with van der Waals surface area (Å²) < 4.78 is 1.75. The third-order valence-corrected chi connectivity index (χ3v) is 2.00. The molecule has 1 amide bonds. The lowest BCUT2D eigenvalue weighted by Gasteiger charge is -2.03. The quantitative estimate of drug-likeness (QED) is 0.509. The molecule has 2 N–H and O–H groups in total. The zero-order valence-corrected chi connectivity index (χ0v) is 9.36. The Morgan fingerprint density at radius 2 is 2.50 bits per heavy atom. The molecule has 0 saturated carbocycles. The van der Waals surface area contributed by atoms with E-state index < -0.39 is 0 Å². The summed E-state index contributed by atoms with van der Waals surface area (Å²) in [5.41, 5.74) is 1.10. The summed E-state index contributed by atoms with van der Waals surface area (Å²) in [7, 11) is 1.87. The van der Waals surface area contributed by atoms with Crippen molar-refractivity contribution >= 4 is 5.91 Å². The standard InChI is InChI=1S/C11H16N4O/c1-3-5-13-11(16)4-6-12-7-10-8-14-15(2)9-10/h1,8-9,12H,4-7H2,2H3,(H,13,16). The molecule has 0 fully saturated rings. The van der Waals surface area contributed by atoms with Crippen molar-refractivity contribution in [3.63, 3.8) is 0 Å². The molecule has 1 rings (SSSR count). The lowest BCUT2D eigenvalue weighted by atomic mass is 10.3. The normalized spacial score (nSPS) is 9.75. The number of rotatable bonds is 6. The molecule has 0 atom stereocenters. The molecule has 0 aliphatic heterocycles. The van der Waals surface area contributed by atoms with Crippen LogP contribution in [0.3, 0.4) is 0 Å². The van der Waals surface area contributed by atoms with Gasteiger partial charge in [0.05, 0.1) is 12.7 Å². The molecule has 0 saturated heterocycles. The van der Waals surface area contributed by atoms with Gasteiger partial charge in [-0.1, -0.05) is 5.92 Å². The molecule has 86 valence electrons. The van der Waals surface area contributed by atoms with Gasteiger partial charge in [-0.3, -0.25) is 9.48 Å². The summed E-state index contributed by atoms with van der Waals surface area (Å²) in [5.74, 6) is 2.32. The number of amides is 1. The number of aryl methyl sites for hydroxylation is 1. The monoisotopic (exact) mass is 220 g/mol. The molecule has 1 heterocycles. The molecule has 0 aliphatic carbocycles. The summed E-state index contributed by atoms with van der Waals surface area (Å²) >= 11 is 0. The Kier molecular flexibility index (Phi) is 5.09. The van der Waals surface area contributed by atoms with Crippen molar-refractivity contribution in [1.29, 1.82) is 0 Å². The number of hydrogen-bond donors (Lipinski definition) is 2. The minimum atomic E-state index is -0.0309. The summed E-state index contributed by atoms with van der Waals surface area (Å²) in [5, 5.41) is 9.81.